The van der Waals surface area contributed by atoms with Gasteiger partial charge in [-0.1, -0.05) is 30.3 Å². The molecule has 0 bridgehead atoms. The minimum absolute atomic E-state index is 0.229. The molecular weight excluding hydrogens is 250 g/mol. The number of nitrogens with two attached hydrogens (primary N) is 1. The number of allylic oxidation sites excluding steroid dienone is 1. The van der Waals surface area contributed by atoms with Gasteiger partial charge in [0.25, 0.3) is 0 Å². The molecule has 0 aliphatic rings. The van der Waals surface area contributed by atoms with Gasteiger partial charge < -0.3 is 10.8 Å². The minimum atomic E-state index is 0.229. The smallest absolute Gasteiger partial charge is 0.150 e. The Morgan fingerprint density at radius 1 is 1.25 bits per heavy atom. The lowest BCUT2D eigenvalue weighted by atomic mass is 9.96. The number of benzene rings is 2. The molecule has 0 aromatic heterocycles. The fourth-order valence-corrected chi connectivity index (χ4v) is 2.13. The van der Waals surface area contributed by atoms with Gasteiger partial charge in [0.15, 0.2) is 0 Å². The van der Waals surface area contributed by atoms with Crippen molar-refractivity contribution in [3.63, 3.8) is 0 Å². The average molecular weight is 267 g/mol. The van der Waals surface area contributed by atoms with Gasteiger partial charge in [-0.15, -0.1) is 0 Å². The van der Waals surface area contributed by atoms with E-state index in [-0.39, 0.29) is 5.76 Å². The van der Waals surface area contributed by atoms with E-state index < -0.39 is 0 Å². The van der Waals surface area contributed by atoms with Gasteiger partial charge >= 0.3 is 0 Å². The third-order valence-corrected chi connectivity index (χ3v) is 3.23. The number of carbonyl (C=O) groups excluding carboxylic acids is 1. The van der Waals surface area contributed by atoms with Crippen molar-refractivity contribution >= 4 is 12.0 Å². The molecule has 0 unspecified atom stereocenters. The number of carbonyl (C=O) groups is 1. The van der Waals surface area contributed by atoms with Crippen molar-refractivity contribution in [1.29, 1.82) is 0 Å². The van der Waals surface area contributed by atoms with Gasteiger partial charge in [-0.3, -0.25) is 4.79 Å². The molecule has 0 saturated heterocycles. The fraction of sp³-hybridized carbons (Fsp3) is 0.118. The normalized spacial score (nSPS) is 11.4. The monoisotopic (exact) mass is 267 g/mol. The molecule has 2 rings (SSSR count). The first-order chi connectivity index (χ1) is 9.69. The Kier molecular flexibility index (Phi) is 4.33. The topological polar surface area (TPSA) is 63.3 Å². The highest BCUT2D eigenvalue weighted by Gasteiger charge is 2.07. The second kappa shape index (κ2) is 6.17. The lowest BCUT2D eigenvalue weighted by molar-refractivity contribution is 0.112. The molecule has 0 aliphatic carbocycles. The SMILES string of the molecule is C/C=C(/O)c1cccc(-c2cc(C=O)ccc2CN)c1. The molecule has 3 nitrogen and oxygen atoms in total. The molecular formula is C17H17NO2. The number of aldehydes is 1. The molecule has 2 aromatic carbocycles. The molecule has 0 heterocycles. The van der Waals surface area contributed by atoms with E-state index in [0.717, 1.165) is 28.5 Å². The third kappa shape index (κ3) is 2.78. The average Bonchev–Trinajstić information content (AvgIpc) is 2.53. The number of aliphatic hydroxyl groups is 1. The van der Waals surface area contributed by atoms with E-state index in [2.05, 4.69) is 0 Å². The Labute approximate surface area is 118 Å². The zero-order valence-electron chi connectivity index (χ0n) is 11.3. The summed E-state index contributed by atoms with van der Waals surface area (Å²) < 4.78 is 0. The molecule has 0 spiro atoms. The molecule has 3 N–H and O–H groups in total. The van der Waals surface area contributed by atoms with Crippen LogP contribution in [0, 0.1) is 0 Å². The van der Waals surface area contributed by atoms with E-state index in [9.17, 15) is 9.90 Å². The molecule has 0 amide bonds. The summed E-state index contributed by atoms with van der Waals surface area (Å²) in [6.45, 7) is 2.18. The first-order valence-electron chi connectivity index (χ1n) is 6.44. The van der Waals surface area contributed by atoms with Crippen molar-refractivity contribution in [1.82, 2.24) is 0 Å². The van der Waals surface area contributed by atoms with Gasteiger partial charge in [0.2, 0.25) is 0 Å². The van der Waals surface area contributed by atoms with E-state index in [4.69, 9.17) is 5.73 Å². The van der Waals surface area contributed by atoms with Crippen LogP contribution < -0.4 is 5.73 Å². The van der Waals surface area contributed by atoms with E-state index in [1.54, 1.807) is 19.1 Å². The molecule has 0 fully saturated rings. The predicted molar refractivity (Wildman–Crippen MR) is 81.4 cm³/mol. The molecule has 0 radical (unpaired) electrons. The second-order valence-corrected chi connectivity index (χ2v) is 4.49. The van der Waals surface area contributed by atoms with Crippen LogP contribution in [-0.4, -0.2) is 11.4 Å². The second-order valence-electron chi connectivity index (χ2n) is 4.49. The van der Waals surface area contributed by atoms with Gasteiger partial charge in [-0.2, -0.15) is 0 Å². The summed E-state index contributed by atoms with van der Waals surface area (Å²) in [6, 6.07) is 13.0. The van der Waals surface area contributed by atoms with Crippen LogP contribution in [0.5, 0.6) is 0 Å². The molecule has 0 saturated carbocycles. The van der Waals surface area contributed by atoms with Crippen LogP contribution in [0.15, 0.2) is 48.5 Å². The molecule has 102 valence electrons. The number of aliphatic hydroxyl groups excluding tert-OH is 1. The van der Waals surface area contributed by atoms with Gasteiger partial charge in [0.1, 0.15) is 12.0 Å². The maximum atomic E-state index is 10.9. The number of hydrogen-bond donors (Lipinski definition) is 2. The highest BCUT2D eigenvalue weighted by molar-refractivity contribution is 5.81. The van der Waals surface area contributed by atoms with Crippen LogP contribution in [0.2, 0.25) is 0 Å². The zero-order chi connectivity index (χ0) is 14.5. The summed E-state index contributed by atoms with van der Waals surface area (Å²) >= 11 is 0. The molecule has 0 atom stereocenters. The molecule has 2 aromatic rings. The standard InChI is InChI=1S/C17H17NO2/c1-2-17(20)14-5-3-4-13(9-14)16-8-12(11-19)6-7-15(16)10-18/h2-9,11,20H,10,18H2,1H3/b17-2+. The maximum absolute atomic E-state index is 10.9. The van der Waals surface area contributed by atoms with Crippen LogP contribution in [0.25, 0.3) is 16.9 Å². The highest BCUT2D eigenvalue weighted by atomic mass is 16.3. The van der Waals surface area contributed by atoms with E-state index >= 15 is 0 Å². The summed E-state index contributed by atoms with van der Waals surface area (Å²) in [5.74, 6) is 0.229. The van der Waals surface area contributed by atoms with E-state index in [1.165, 1.54) is 0 Å². The van der Waals surface area contributed by atoms with Crippen molar-refractivity contribution in [3.8, 4) is 11.1 Å². The van der Waals surface area contributed by atoms with Crippen molar-refractivity contribution in [2.24, 2.45) is 5.73 Å². The molecule has 3 heteroatoms. The van der Waals surface area contributed by atoms with Gasteiger partial charge in [0, 0.05) is 17.7 Å². The first-order valence-corrected chi connectivity index (χ1v) is 6.44. The first kappa shape index (κ1) is 14.0. The van der Waals surface area contributed by atoms with Crippen LogP contribution in [-0.2, 0) is 6.54 Å². The largest absolute Gasteiger partial charge is 0.508 e. The molecule has 20 heavy (non-hydrogen) atoms. The van der Waals surface area contributed by atoms with E-state index in [0.29, 0.717) is 12.1 Å². The van der Waals surface area contributed by atoms with Gasteiger partial charge in [-0.05, 0) is 41.8 Å². The Bertz CT molecular complexity index is 660. The predicted octanol–water partition coefficient (Wildman–Crippen LogP) is 3.54. The van der Waals surface area contributed by atoms with Crippen molar-refractivity contribution in [3.05, 3.63) is 65.2 Å². The third-order valence-electron chi connectivity index (χ3n) is 3.23. The van der Waals surface area contributed by atoms with E-state index in [1.807, 2.05) is 36.4 Å². The Balaban J connectivity index is 2.58. The quantitative estimate of drug-likeness (QED) is 0.657. The van der Waals surface area contributed by atoms with Gasteiger partial charge in [0.05, 0.1) is 0 Å². The Morgan fingerprint density at radius 2 is 2.05 bits per heavy atom. The maximum Gasteiger partial charge on any atom is 0.150 e. The van der Waals surface area contributed by atoms with Crippen LogP contribution in [0.4, 0.5) is 0 Å². The summed E-state index contributed by atoms with van der Waals surface area (Å²) in [5.41, 5.74) is 9.92. The number of rotatable bonds is 4. The van der Waals surface area contributed by atoms with Crippen LogP contribution in [0.3, 0.4) is 0 Å². The summed E-state index contributed by atoms with van der Waals surface area (Å²) in [6.07, 6.45) is 2.46. The Hall–Kier alpha value is -2.39. The molecule has 0 aliphatic heterocycles. The summed E-state index contributed by atoms with van der Waals surface area (Å²) in [5, 5.41) is 9.81. The minimum Gasteiger partial charge on any atom is -0.508 e. The van der Waals surface area contributed by atoms with Gasteiger partial charge in [-0.25, -0.2) is 0 Å². The van der Waals surface area contributed by atoms with Crippen molar-refractivity contribution in [2.75, 3.05) is 0 Å². The van der Waals surface area contributed by atoms with Crippen molar-refractivity contribution in [2.45, 2.75) is 13.5 Å². The fourth-order valence-electron chi connectivity index (χ4n) is 2.13. The highest BCUT2D eigenvalue weighted by Crippen LogP contribution is 2.27. The van der Waals surface area contributed by atoms with Crippen LogP contribution >= 0.6 is 0 Å². The summed E-state index contributed by atoms with van der Waals surface area (Å²) in [4.78, 5) is 10.9. The number of hydrogen-bond acceptors (Lipinski definition) is 3. The van der Waals surface area contributed by atoms with Crippen molar-refractivity contribution < 1.29 is 9.90 Å². The lowest BCUT2D eigenvalue weighted by Crippen LogP contribution is -2.00. The lowest BCUT2D eigenvalue weighted by Gasteiger charge is -2.10. The summed E-state index contributed by atoms with van der Waals surface area (Å²) in [7, 11) is 0. The van der Waals surface area contributed by atoms with Crippen LogP contribution in [0.1, 0.15) is 28.4 Å². The zero-order valence-corrected chi connectivity index (χ0v) is 11.3. The Morgan fingerprint density at radius 3 is 2.70 bits per heavy atom.